The standard InChI is InChI=1S/C10H24N2O3S.ClH/c1-10(2)4-9-16(13,14)12-6-5-11-7-8-15-3;/h10-12H,4-9H2,1-3H3;1H. The molecule has 0 aromatic heterocycles. The quantitative estimate of drug-likeness (QED) is 0.578. The van der Waals surface area contributed by atoms with Gasteiger partial charge in [-0.2, -0.15) is 0 Å². The van der Waals surface area contributed by atoms with Crippen LogP contribution < -0.4 is 10.0 Å². The fourth-order valence-corrected chi connectivity index (χ4v) is 2.40. The normalized spacial score (nSPS) is 11.5. The molecule has 0 spiro atoms. The van der Waals surface area contributed by atoms with Crippen molar-refractivity contribution < 1.29 is 13.2 Å². The summed E-state index contributed by atoms with van der Waals surface area (Å²) >= 11 is 0. The van der Waals surface area contributed by atoms with Crippen molar-refractivity contribution >= 4 is 22.4 Å². The third-order valence-electron chi connectivity index (χ3n) is 2.07. The zero-order chi connectivity index (χ0) is 12.4. The van der Waals surface area contributed by atoms with Gasteiger partial charge < -0.3 is 10.1 Å². The molecule has 0 aliphatic heterocycles. The second kappa shape index (κ2) is 11.2. The highest BCUT2D eigenvalue weighted by Gasteiger charge is 2.09. The van der Waals surface area contributed by atoms with E-state index in [0.29, 0.717) is 32.0 Å². The van der Waals surface area contributed by atoms with Crippen LogP contribution in [0.25, 0.3) is 0 Å². The maximum absolute atomic E-state index is 11.5. The van der Waals surface area contributed by atoms with Crippen LogP contribution in [0.3, 0.4) is 0 Å². The van der Waals surface area contributed by atoms with Crippen LogP contribution in [0.2, 0.25) is 0 Å². The average Bonchev–Trinajstić information content (AvgIpc) is 2.21. The number of sulfonamides is 1. The lowest BCUT2D eigenvalue weighted by Gasteiger charge is -2.08. The largest absolute Gasteiger partial charge is 0.383 e. The molecule has 0 saturated carbocycles. The van der Waals surface area contributed by atoms with Gasteiger partial charge in [0.1, 0.15) is 0 Å². The topological polar surface area (TPSA) is 67.4 Å². The van der Waals surface area contributed by atoms with Gasteiger partial charge in [-0.05, 0) is 12.3 Å². The Morgan fingerprint density at radius 3 is 2.35 bits per heavy atom. The van der Waals surface area contributed by atoms with Crippen LogP contribution >= 0.6 is 12.4 Å². The fraction of sp³-hybridized carbons (Fsp3) is 1.00. The second-order valence-electron chi connectivity index (χ2n) is 4.14. The Morgan fingerprint density at radius 2 is 1.82 bits per heavy atom. The molecule has 0 unspecified atom stereocenters. The number of hydrogen-bond donors (Lipinski definition) is 2. The van der Waals surface area contributed by atoms with Gasteiger partial charge >= 0.3 is 0 Å². The molecule has 0 heterocycles. The Kier molecular flexibility index (Phi) is 12.8. The average molecular weight is 289 g/mol. The first-order valence-electron chi connectivity index (χ1n) is 5.65. The smallest absolute Gasteiger partial charge is 0.211 e. The molecular weight excluding hydrogens is 264 g/mol. The minimum absolute atomic E-state index is 0. The summed E-state index contributed by atoms with van der Waals surface area (Å²) in [6.45, 7) is 6.47. The summed E-state index contributed by atoms with van der Waals surface area (Å²) < 4.78 is 30.3. The third kappa shape index (κ3) is 14.1. The van der Waals surface area contributed by atoms with E-state index in [9.17, 15) is 8.42 Å². The molecule has 0 atom stereocenters. The van der Waals surface area contributed by atoms with Crippen molar-refractivity contribution in [1.82, 2.24) is 10.0 Å². The van der Waals surface area contributed by atoms with Crippen LogP contribution in [0.15, 0.2) is 0 Å². The number of hydrogen-bond acceptors (Lipinski definition) is 4. The molecule has 0 rings (SSSR count). The molecular formula is C10H25ClN2O3S. The number of nitrogens with one attached hydrogen (secondary N) is 2. The Morgan fingerprint density at radius 1 is 1.18 bits per heavy atom. The molecule has 0 aromatic carbocycles. The highest BCUT2D eigenvalue weighted by Crippen LogP contribution is 2.01. The van der Waals surface area contributed by atoms with E-state index in [1.807, 2.05) is 13.8 Å². The highest BCUT2D eigenvalue weighted by molar-refractivity contribution is 7.89. The maximum atomic E-state index is 11.5. The molecule has 17 heavy (non-hydrogen) atoms. The van der Waals surface area contributed by atoms with Gasteiger partial charge in [0.15, 0.2) is 0 Å². The first-order chi connectivity index (χ1) is 7.48. The van der Waals surface area contributed by atoms with E-state index >= 15 is 0 Å². The van der Waals surface area contributed by atoms with Crippen LogP contribution in [0.4, 0.5) is 0 Å². The van der Waals surface area contributed by atoms with Crippen molar-refractivity contribution in [3.05, 3.63) is 0 Å². The Labute approximate surface area is 111 Å². The van der Waals surface area contributed by atoms with E-state index in [0.717, 1.165) is 6.54 Å². The van der Waals surface area contributed by atoms with E-state index < -0.39 is 10.0 Å². The van der Waals surface area contributed by atoms with Gasteiger partial charge in [-0.3, -0.25) is 0 Å². The zero-order valence-corrected chi connectivity index (χ0v) is 12.5. The number of rotatable bonds is 10. The van der Waals surface area contributed by atoms with Gasteiger partial charge in [0.05, 0.1) is 12.4 Å². The SMILES string of the molecule is COCCNCCNS(=O)(=O)CCC(C)C.Cl. The van der Waals surface area contributed by atoms with Gasteiger partial charge in [-0.15, -0.1) is 12.4 Å². The molecule has 2 N–H and O–H groups in total. The van der Waals surface area contributed by atoms with E-state index in [2.05, 4.69) is 10.0 Å². The van der Waals surface area contributed by atoms with E-state index in [4.69, 9.17) is 4.74 Å². The Hall–Kier alpha value is 0.120. The van der Waals surface area contributed by atoms with Gasteiger partial charge in [-0.1, -0.05) is 13.8 Å². The lowest BCUT2D eigenvalue weighted by Crippen LogP contribution is -2.34. The van der Waals surface area contributed by atoms with Gasteiger partial charge in [0, 0.05) is 26.7 Å². The van der Waals surface area contributed by atoms with Gasteiger partial charge in [-0.25, -0.2) is 13.1 Å². The molecule has 0 amide bonds. The summed E-state index contributed by atoms with van der Waals surface area (Å²) in [6.07, 6.45) is 0.701. The molecule has 0 aromatic rings. The minimum Gasteiger partial charge on any atom is -0.383 e. The summed E-state index contributed by atoms with van der Waals surface area (Å²) in [5.74, 6) is 0.624. The number of halogens is 1. The second-order valence-corrected chi connectivity index (χ2v) is 6.06. The van der Waals surface area contributed by atoms with Crippen molar-refractivity contribution in [3.63, 3.8) is 0 Å². The predicted molar refractivity (Wildman–Crippen MR) is 73.2 cm³/mol. The molecule has 0 aliphatic carbocycles. The van der Waals surface area contributed by atoms with Crippen LogP contribution in [0.1, 0.15) is 20.3 Å². The van der Waals surface area contributed by atoms with E-state index in [1.54, 1.807) is 7.11 Å². The molecule has 0 aliphatic rings. The summed E-state index contributed by atoms with van der Waals surface area (Å²) in [5, 5.41) is 3.07. The zero-order valence-electron chi connectivity index (χ0n) is 10.9. The van der Waals surface area contributed by atoms with Crippen molar-refractivity contribution in [1.29, 1.82) is 0 Å². The lowest BCUT2D eigenvalue weighted by molar-refractivity contribution is 0.199. The molecule has 5 nitrogen and oxygen atoms in total. The minimum atomic E-state index is -3.09. The highest BCUT2D eigenvalue weighted by atomic mass is 35.5. The van der Waals surface area contributed by atoms with Crippen LogP contribution in [0, 0.1) is 5.92 Å². The van der Waals surface area contributed by atoms with Crippen LogP contribution in [-0.4, -0.2) is 47.5 Å². The molecule has 0 fully saturated rings. The van der Waals surface area contributed by atoms with Crippen molar-refractivity contribution in [2.45, 2.75) is 20.3 Å². The van der Waals surface area contributed by atoms with E-state index in [1.165, 1.54) is 0 Å². The summed E-state index contributed by atoms with van der Waals surface area (Å²) in [7, 11) is -1.46. The van der Waals surface area contributed by atoms with Crippen molar-refractivity contribution in [2.24, 2.45) is 5.92 Å². The molecule has 0 saturated heterocycles. The molecule has 7 heteroatoms. The number of ether oxygens (including phenoxy) is 1. The van der Waals surface area contributed by atoms with Gasteiger partial charge in [0.25, 0.3) is 0 Å². The number of methoxy groups -OCH3 is 1. The summed E-state index contributed by atoms with van der Waals surface area (Å²) in [5.41, 5.74) is 0. The van der Waals surface area contributed by atoms with Crippen molar-refractivity contribution in [3.8, 4) is 0 Å². The van der Waals surface area contributed by atoms with Gasteiger partial charge in [0.2, 0.25) is 10.0 Å². The summed E-state index contributed by atoms with van der Waals surface area (Å²) in [6, 6.07) is 0. The first kappa shape index (κ1) is 19.5. The maximum Gasteiger partial charge on any atom is 0.211 e. The molecule has 106 valence electrons. The Bertz CT molecular complexity index is 258. The lowest BCUT2D eigenvalue weighted by atomic mass is 10.2. The third-order valence-corrected chi connectivity index (χ3v) is 3.49. The van der Waals surface area contributed by atoms with Crippen LogP contribution in [-0.2, 0) is 14.8 Å². The first-order valence-corrected chi connectivity index (χ1v) is 7.30. The molecule has 0 radical (unpaired) electrons. The van der Waals surface area contributed by atoms with E-state index in [-0.39, 0.29) is 18.2 Å². The summed E-state index contributed by atoms with van der Waals surface area (Å²) in [4.78, 5) is 0. The fourth-order valence-electron chi connectivity index (χ4n) is 1.06. The monoisotopic (exact) mass is 288 g/mol. The molecule has 0 bridgehead atoms. The van der Waals surface area contributed by atoms with Crippen LogP contribution in [0.5, 0.6) is 0 Å². The predicted octanol–water partition coefficient (Wildman–Crippen LogP) is 0.610. The van der Waals surface area contributed by atoms with Crippen molar-refractivity contribution in [2.75, 3.05) is 39.1 Å². The Balaban J connectivity index is 0.